The summed E-state index contributed by atoms with van der Waals surface area (Å²) in [6.07, 6.45) is 0.173. The predicted molar refractivity (Wildman–Crippen MR) is 66.9 cm³/mol. The fourth-order valence-electron chi connectivity index (χ4n) is 3.72. The summed E-state index contributed by atoms with van der Waals surface area (Å²) in [5.41, 5.74) is -0.807. The molecule has 2 aliphatic heterocycles. The zero-order valence-corrected chi connectivity index (χ0v) is 11.8. The van der Waals surface area contributed by atoms with Gasteiger partial charge in [0, 0.05) is 18.8 Å². The Bertz CT molecular complexity index is 333. The summed E-state index contributed by atoms with van der Waals surface area (Å²) in [7, 11) is 0. The van der Waals surface area contributed by atoms with Crippen molar-refractivity contribution in [3.05, 3.63) is 0 Å². The van der Waals surface area contributed by atoms with Crippen LogP contribution >= 0.6 is 0 Å². The van der Waals surface area contributed by atoms with E-state index in [-0.39, 0.29) is 30.0 Å². The number of carbonyl (C=O) groups is 1. The minimum Gasteiger partial charge on any atom is -0.465 e. The molecule has 6 unspecified atom stereocenters. The van der Waals surface area contributed by atoms with Crippen LogP contribution in [0.25, 0.3) is 0 Å². The summed E-state index contributed by atoms with van der Waals surface area (Å²) in [6.45, 7) is 9.76. The molecular formula is C14H24O4. The highest BCUT2D eigenvalue weighted by Gasteiger charge is 2.60. The lowest BCUT2D eigenvalue weighted by molar-refractivity contribution is -0.145. The van der Waals surface area contributed by atoms with Crippen molar-refractivity contribution in [2.24, 2.45) is 23.7 Å². The molecule has 0 saturated carbocycles. The first-order chi connectivity index (χ1) is 8.23. The molecule has 2 fully saturated rings. The normalized spacial score (nSPS) is 43.2. The van der Waals surface area contributed by atoms with Crippen molar-refractivity contribution >= 4 is 5.97 Å². The van der Waals surface area contributed by atoms with E-state index in [4.69, 9.17) is 9.47 Å². The molecule has 2 aliphatic rings. The van der Waals surface area contributed by atoms with Gasteiger partial charge in [0.15, 0.2) is 0 Å². The predicted octanol–water partition coefficient (Wildman–Crippen LogP) is 1.61. The molecule has 0 aromatic rings. The Balaban J connectivity index is 2.18. The van der Waals surface area contributed by atoms with Gasteiger partial charge in [0.25, 0.3) is 0 Å². The molecule has 0 aliphatic carbocycles. The second-order valence-corrected chi connectivity index (χ2v) is 6.43. The van der Waals surface area contributed by atoms with E-state index in [2.05, 4.69) is 13.8 Å². The Morgan fingerprint density at radius 3 is 2.33 bits per heavy atom. The van der Waals surface area contributed by atoms with Gasteiger partial charge in [0.1, 0.15) is 0 Å². The van der Waals surface area contributed by atoms with Crippen LogP contribution in [0.15, 0.2) is 0 Å². The van der Waals surface area contributed by atoms with E-state index in [1.165, 1.54) is 6.92 Å². The maximum absolute atomic E-state index is 11.0. The molecule has 0 spiro atoms. The fourth-order valence-corrected chi connectivity index (χ4v) is 3.72. The lowest BCUT2D eigenvalue weighted by Gasteiger charge is -2.40. The zero-order valence-electron chi connectivity index (χ0n) is 11.8. The van der Waals surface area contributed by atoms with Crippen LogP contribution in [-0.2, 0) is 14.3 Å². The van der Waals surface area contributed by atoms with Gasteiger partial charge >= 0.3 is 5.97 Å². The van der Waals surface area contributed by atoms with Gasteiger partial charge in [-0.05, 0) is 25.7 Å². The number of hydrogen-bond acceptors (Lipinski definition) is 4. The van der Waals surface area contributed by atoms with Crippen LogP contribution < -0.4 is 0 Å². The maximum atomic E-state index is 11.0. The molecular weight excluding hydrogens is 232 g/mol. The number of esters is 1. The van der Waals surface area contributed by atoms with E-state index in [1.54, 1.807) is 0 Å². The third-order valence-corrected chi connectivity index (χ3v) is 4.71. The molecule has 0 aromatic carbocycles. The molecule has 4 nitrogen and oxygen atoms in total. The summed E-state index contributed by atoms with van der Waals surface area (Å²) in [5, 5.41) is 10.4. The van der Waals surface area contributed by atoms with E-state index in [9.17, 15) is 9.90 Å². The lowest BCUT2D eigenvalue weighted by atomic mass is 9.65. The van der Waals surface area contributed by atoms with Gasteiger partial charge in [0.05, 0.1) is 24.4 Å². The molecule has 0 aromatic heterocycles. The standard InChI is InChI=1S/C14H24O4/c1-7-8(2)13-11(14(4,5)16)10(12(7)18-13)6-17-9(3)15/h7-8,10-13,16H,6H2,1-5H3. The number of aliphatic hydroxyl groups is 1. The van der Waals surface area contributed by atoms with E-state index in [1.807, 2.05) is 13.8 Å². The Labute approximate surface area is 109 Å². The van der Waals surface area contributed by atoms with Crippen molar-refractivity contribution in [1.82, 2.24) is 0 Å². The second-order valence-electron chi connectivity index (χ2n) is 6.43. The molecule has 2 bridgehead atoms. The van der Waals surface area contributed by atoms with Crippen LogP contribution in [-0.4, -0.2) is 35.5 Å². The topological polar surface area (TPSA) is 55.8 Å². The van der Waals surface area contributed by atoms with Crippen molar-refractivity contribution in [3.63, 3.8) is 0 Å². The Morgan fingerprint density at radius 2 is 1.83 bits per heavy atom. The number of hydrogen-bond donors (Lipinski definition) is 1. The first-order valence-electron chi connectivity index (χ1n) is 6.74. The number of rotatable bonds is 3. The molecule has 18 heavy (non-hydrogen) atoms. The van der Waals surface area contributed by atoms with E-state index in [0.717, 1.165) is 0 Å². The van der Waals surface area contributed by atoms with Crippen molar-refractivity contribution < 1.29 is 19.4 Å². The molecule has 2 saturated heterocycles. The average Bonchev–Trinajstić information content (AvgIpc) is 2.73. The molecule has 4 heteroatoms. The highest BCUT2D eigenvalue weighted by Crippen LogP contribution is 2.53. The smallest absolute Gasteiger partial charge is 0.302 e. The van der Waals surface area contributed by atoms with Crippen LogP contribution in [0.4, 0.5) is 0 Å². The summed E-state index contributed by atoms with van der Waals surface area (Å²) in [6, 6.07) is 0. The number of ether oxygens (including phenoxy) is 2. The summed E-state index contributed by atoms with van der Waals surface area (Å²) in [5.74, 6) is 0.764. The third kappa shape index (κ3) is 2.16. The van der Waals surface area contributed by atoms with Crippen LogP contribution in [0.2, 0.25) is 0 Å². The van der Waals surface area contributed by atoms with Gasteiger partial charge in [-0.1, -0.05) is 13.8 Å². The highest BCUT2D eigenvalue weighted by molar-refractivity contribution is 5.65. The zero-order chi connectivity index (χ0) is 13.7. The van der Waals surface area contributed by atoms with Crippen molar-refractivity contribution in [2.75, 3.05) is 6.61 Å². The van der Waals surface area contributed by atoms with Crippen LogP contribution in [0.1, 0.15) is 34.6 Å². The summed E-state index contributed by atoms with van der Waals surface area (Å²) in [4.78, 5) is 11.0. The molecule has 104 valence electrons. The second kappa shape index (κ2) is 4.49. The molecule has 0 radical (unpaired) electrons. The largest absolute Gasteiger partial charge is 0.465 e. The van der Waals surface area contributed by atoms with Gasteiger partial charge in [-0.15, -0.1) is 0 Å². The average molecular weight is 256 g/mol. The van der Waals surface area contributed by atoms with Gasteiger partial charge in [0.2, 0.25) is 0 Å². The molecule has 6 atom stereocenters. The van der Waals surface area contributed by atoms with Crippen LogP contribution in [0.5, 0.6) is 0 Å². The SMILES string of the molecule is CC(=O)OCC1C2OC(C(C)C2C)C1C(C)(C)O. The third-order valence-electron chi connectivity index (χ3n) is 4.71. The first-order valence-corrected chi connectivity index (χ1v) is 6.74. The minimum atomic E-state index is -0.807. The van der Waals surface area contributed by atoms with Crippen molar-refractivity contribution in [2.45, 2.75) is 52.4 Å². The van der Waals surface area contributed by atoms with E-state index < -0.39 is 5.60 Å². The first kappa shape index (κ1) is 13.8. The quantitative estimate of drug-likeness (QED) is 0.779. The maximum Gasteiger partial charge on any atom is 0.302 e. The lowest BCUT2D eigenvalue weighted by Crippen LogP contribution is -2.49. The van der Waals surface area contributed by atoms with E-state index >= 15 is 0 Å². The van der Waals surface area contributed by atoms with Gasteiger partial charge < -0.3 is 14.6 Å². The molecule has 1 N–H and O–H groups in total. The highest BCUT2D eigenvalue weighted by atomic mass is 16.5. The van der Waals surface area contributed by atoms with Crippen molar-refractivity contribution in [1.29, 1.82) is 0 Å². The Morgan fingerprint density at radius 1 is 1.28 bits per heavy atom. The fraction of sp³-hybridized carbons (Fsp3) is 0.929. The van der Waals surface area contributed by atoms with Gasteiger partial charge in [-0.2, -0.15) is 0 Å². The number of fused-ring (bicyclic) bond motifs is 2. The molecule has 2 rings (SSSR count). The Hall–Kier alpha value is -0.610. The van der Waals surface area contributed by atoms with Gasteiger partial charge in [-0.25, -0.2) is 0 Å². The minimum absolute atomic E-state index is 0.0352. The summed E-state index contributed by atoms with van der Waals surface area (Å²) >= 11 is 0. The summed E-state index contributed by atoms with van der Waals surface area (Å²) < 4.78 is 11.2. The Kier molecular flexibility index (Phi) is 3.45. The van der Waals surface area contributed by atoms with Crippen LogP contribution in [0.3, 0.4) is 0 Å². The molecule has 2 heterocycles. The van der Waals surface area contributed by atoms with Crippen molar-refractivity contribution in [3.8, 4) is 0 Å². The van der Waals surface area contributed by atoms with Gasteiger partial charge in [-0.3, -0.25) is 4.79 Å². The van der Waals surface area contributed by atoms with E-state index in [0.29, 0.717) is 18.4 Å². The molecule has 0 amide bonds. The number of carbonyl (C=O) groups excluding carboxylic acids is 1. The monoisotopic (exact) mass is 256 g/mol. The van der Waals surface area contributed by atoms with Crippen LogP contribution in [0, 0.1) is 23.7 Å².